The fourth-order valence-corrected chi connectivity index (χ4v) is 3.81. The zero-order valence-electron chi connectivity index (χ0n) is 19.4. The molecule has 1 aliphatic rings. The van der Waals surface area contributed by atoms with Gasteiger partial charge in [0, 0.05) is 29.1 Å². The number of carbonyl (C=O) groups excluding carboxylic acids is 3. The van der Waals surface area contributed by atoms with Crippen LogP contribution >= 0.6 is 0 Å². The van der Waals surface area contributed by atoms with Crippen LogP contribution in [-0.4, -0.2) is 36.4 Å². The van der Waals surface area contributed by atoms with Crippen LogP contribution in [0.25, 0.3) is 0 Å². The molecule has 0 aromatic heterocycles. The second kappa shape index (κ2) is 11.1. The van der Waals surface area contributed by atoms with Crippen molar-refractivity contribution in [1.82, 2.24) is 5.32 Å². The number of carbonyl (C=O) groups is 3. The van der Waals surface area contributed by atoms with Crippen LogP contribution in [0.4, 0.5) is 5.69 Å². The number of nitrogens with one attached hydrogen (secondary N) is 1. The Kier molecular flexibility index (Phi) is 7.93. The fraction of sp³-hybridized carbons (Fsp3) is 0.192. The molecule has 0 spiro atoms. The van der Waals surface area contributed by atoms with E-state index in [4.69, 9.17) is 9.47 Å². The minimum absolute atomic E-state index is 0.0236. The second-order valence-electron chi connectivity index (χ2n) is 7.55. The molecule has 0 radical (unpaired) electrons. The number of ether oxygens (including phenoxy) is 2. The number of dihydropyridines is 1. The summed E-state index contributed by atoms with van der Waals surface area (Å²) in [7, 11) is 1.20. The van der Waals surface area contributed by atoms with E-state index in [0.29, 0.717) is 16.8 Å². The topological polar surface area (TPSA) is 125 Å². The number of hydrogen-bond acceptors (Lipinski definition) is 8. The maximum atomic E-state index is 13.1. The van der Waals surface area contributed by atoms with Crippen molar-refractivity contribution in [3.05, 3.63) is 111 Å². The summed E-state index contributed by atoms with van der Waals surface area (Å²) in [5.41, 5.74) is 1.29. The van der Waals surface area contributed by atoms with Gasteiger partial charge in [0.05, 0.1) is 35.7 Å². The maximum absolute atomic E-state index is 13.1. The first-order valence-corrected chi connectivity index (χ1v) is 10.8. The molecular formula is C26H24N2O7. The van der Waals surface area contributed by atoms with Gasteiger partial charge in [0.15, 0.2) is 5.78 Å². The lowest BCUT2D eigenvalue weighted by Gasteiger charge is -2.30. The van der Waals surface area contributed by atoms with Crippen molar-refractivity contribution in [2.24, 2.45) is 0 Å². The Balaban J connectivity index is 2.21. The predicted molar refractivity (Wildman–Crippen MR) is 127 cm³/mol. The number of allylic oxidation sites excluding steroid dienone is 3. The molecule has 1 atom stereocenters. The predicted octanol–water partition coefficient (Wildman–Crippen LogP) is 3.98. The zero-order valence-corrected chi connectivity index (χ0v) is 19.4. The molecule has 2 aromatic carbocycles. The van der Waals surface area contributed by atoms with E-state index in [0.717, 1.165) is 0 Å². The Hall–Kier alpha value is -4.53. The monoisotopic (exact) mass is 476 g/mol. The number of ketones is 1. The summed E-state index contributed by atoms with van der Waals surface area (Å²) < 4.78 is 10.2. The summed E-state index contributed by atoms with van der Waals surface area (Å²) in [6.07, 6.45) is 2.74. The number of hydrogen-bond donors (Lipinski definition) is 1. The van der Waals surface area contributed by atoms with E-state index in [1.54, 1.807) is 50.2 Å². The van der Waals surface area contributed by atoms with E-state index in [1.165, 1.54) is 37.5 Å². The van der Waals surface area contributed by atoms with Gasteiger partial charge in [-0.1, -0.05) is 42.5 Å². The third-order valence-electron chi connectivity index (χ3n) is 5.37. The molecule has 0 aliphatic carbocycles. The highest BCUT2D eigenvalue weighted by Crippen LogP contribution is 2.40. The van der Waals surface area contributed by atoms with Gasteiger partial charge in [-0.25, -0.2) is 9.59 Å². The molecule has 180 valence electrons. The van der Waals surface area contributed by atoms with Crippen molar-refractivity contribution in [1.29, 1.82) is 0 Å². The number of methoxy groups -OCH3 is 1. The Morgan fingerprint density at radius 2 is 1.77 bits per heavy atom. The van der Waals surface area contributed by atoms with Crippen LogP contribution in [0.2, 0.25) is 0 Å². The van der Waals surface area contributed by atoms with Crippen molar-refractivity contribution in [3.63, 3.8) is 0 Å². The molecule has 0 bridgehead atoms. The van der Waals surface area contributed by atoms with E-state index >= 15 is 0 Å². The van der Waals surface area contributed by atoms with Crippen LogP contribution in [0.1, 0.15) is 35.7 Å². The SMILES string of the molecule is CCOC(=O)C1=C(/C=C/C(=O)c2ccccc2)NC(C)=C(C(=O)OC)C1c1cccc([N+](=O)[O-])c1. The highest BCUT2D eigenvalue weighted by molar-refractivity contribution is 6.05. The molecule has 3 rings (SSSR count). The van der Waals surface area contributed by atoms with Gasteiger partial charge >= 0.3 is 11.9 Å². The van der Waals surface area contributed by atoms with Crippen molar-refractivity contribution in [2.45, 2.75) is 19.8 Å². The highest BCUT2D eigenvalue weighted by Gasteiger charge is 2.38. The summed E-state index contributed by atoms with van der Waals surface area (Å²) in [6.45, 7) is 3.30. The number of nitro benzene ring substituents is 1. The number of nitro groups is 1. The van der Waals surface area contributed by atoms with Crippen molar-refractivity contribution in [2.75, 3.05) is 13.7 Å². The first-order valence-electron chi connectivity index (χ1n) is 10.8. The number of esters is 2. The van der Waals surface area contributed by atoms with Gasteiger partial charge in [0.1, 0.15) is 0 Å². The molecule has 35 heavy (non-hydrogen) atoms. The largest absolute Gasteiger partial charge is 0.466 e. The molecule has 9 heteroatoms. The van der Waals surface area contributed by atoms with Crippen LogP contribution < -0.4 is 5.32 Å². The number of rotatable bonds is 8. The van der Waals surface area contributed by atoms with Crippen molar-refractivity contribution in [3.8, 4) is 0 Å². The number of nitrogens with zero attached hydrogens (tertiary/aromatic N) is 1. The summed E-state index contributed by atoms with van der Waals surface area (Å²) in [4.78, 5) is 49.4. The molecule has 0 saturated carbocycles. The maximum Gasteiger partial charge on any atom is 0.337 e. The Morgan fingerprint density at radius 1 is 1.06 bits per heavy atom. The summed E-state index contributed by atoms with van der Waals surface area (Å²) >= 11 is 0. The van der Waals surface area contributed by atoms with E-state index in [9.17, 15) is 24.5 Å². The van der Waals surface area contributed by atoms with Crippen molar-refractivity contribution < 1.29 is 28.8 Å². The third kappa shape index (κ3) is 5.52. The summed E-state index contributed by atoms with van der Waals surface area (Å²) in [6, 6.07) is 14.2. The van der Waals surface area contributed by atoms with Crippen LogP contribution in [0, 0.1) is 10.1 Å². The summed E-state index contributed by atoms with van der Waals surface area (Å²) in [5.74, 6) is -2.78. The molecule has 1 heterocycles. The van der Waals surface area contributed by atoms with Gasteiger partial charge in [0.2, 0.25) is 0 Å². The molecule has 2 aromatic rings. The molecule has 1 N–H and O–H groups in total. The average Bonchev–Trinajstić information content (AvgIpc) is 2.86. The van der Waals surface area contributed by atoms with E-state index in [1.807, 2.05) is 0 Å². The first-order chi connectivity index (χ1) is 16.8. The van der Waals surface area contributed by atoms with Gasteiger partial charge in [-0.15, -0.1) is 0 Å². The quantitative estimate of drug-likeness (QED) is 0.199. The van der Waals surface area contributed by atoms with Gasteiger partial charge < -0.3 is 14.8 Å². The van der Waals surface area contributed by atoms with Gasteiger partial charge in [-0.2, -0.15) is 0 Å². The van der Waals surface area contributed by atoms with E-state index in [2.05, 4.69) is 5.32 Å². The van der Waals surface area contributed by atoms with Crippen LogP contribution in [-0.2, 0) is 19.1 Å². The smallest absolute Gasteiger partial charge is 0.337 e. The molecule has 1 unspecified atom stereocenters. The lowest BCUT2D eigenvalue weighted by molar-refractivity contribution is -0.384. The first kappa shape index (κ1) is 25.1. The zero-order chi connectivity index (χ0) is 25.5. The lowest BCUT2D eigenvalue weighted by Crippen LogP contribution is -2.32. The van der Waals surface area contributed by atoms with Crippen LogP contribution in [0.5, 0.6) is 0 Å². The third-order valence-corrected chi connectivity index (χ3v) is 5.37. The normalized spacial score (nSPS) is 15.6. The summed E-state index contributed by atoms with van der Waals surface area (Å²) in [5, 5.41) is 14.4. The molecule has 9 nitrogen and oxygen atoms in total. The van der Waals surface area contributed by atoms with E-state index in [-0.39, 0.29) is 34.9 Å². The van der Waals surface area contributed by atoms with Gasteiger partial charge in [0.25, 0.3) is 5.69 Å². The molecule has 0 fully saturated rings. The lowest BCUT2D eigenvalue weighted by atomic mass is 9.80. The Morgan fingerprint density at radius 3 is 2.40 bits per heavy atom. The minimum Gasteiger partial charge on any atom is -0.466 e. The average molecular weight is 476 g/mol. The van der Waals surface area contributed by atoms with Crippen molar-refractivity contribution >= 4 is 23.4 Å². The molecule has 1 aliphatic heterocycles. The van der Waals surface area contributed by atoms with Gasteiger partial charge in [-0.3, -0.25) is 14.9 Å². The molecule has 0 amide bonds. The van der Waals surface area contributed by atoms with Crippen LogP contribution in [0.15, 0.2) is 89.3 Å². The Labute approximate surface area is 201 Å². The van der Waals surface area contributed by atoms with E-state index < -0.39 is 22.8 Å². The minimum atomic E-state index is -1.03. The highest BCUT2D eigenvalue weighted by atomic mass is 16.6. The second-order valence-corrected chi connectivity index (χ2v) is 7.55. The number of benzene rings is 2. The standard InChI is InChI=1S/C26H24N2O7/c1-4-35-26(31)24-20(13-14-21(29)17-9-6-5-7-10-17)27-16(2)22(25(30)34-3)23(24)18-11-8-12-19(15-18)28(32)33/h5-15,23,27H,4H2,1-3H3/b14-13+. The fourth-order valence-electron chi connectivity index (χ4n) is 3.81. The number of non-ortho nitro benzene ring substituents is 1. The molecule has 0 saturated heterocycles. The molecular weight excluding hydrogens is 452 g/mol. The van der Waals surface area contributed by atoms with Crippen LogP contribution in [0.3, 0.4) is 0 Å². The Bertz CT molecular complexity index is 1260. The van der Waals surface area contributed by atoms with Gasteiger partial charge in [-0.05, 0) is 31.6 Å².